The molecular formula is C10H11BrClN3O2. The molecule has 1 aromatic carbocycles. The number of nitrogens with one attached hydrogen (secondary N) is 2. The van der Waals surface area contributed by atoms with E-state index in [1.54, 1.807) is 18.2 Å². The Labute approximate surface area is 112 Å². The smallest absolute Gasteiger partial charge is 0.243 e. The molecule has 0 bridgehead atoms. The van der Waals surface area contributed by atoms with Crippen molar-refractivity contribution in [1.29, 1.82) is 0 Å². The van der Waals surface area contributed by atoms with E-state index in [0.29, 0.717) is 15.2 Å². The second-order valence-electron chi connectivity index (χ2n) is 3.13. The third-order valence-corrected chi connectivity index (χ3v) is 3.25. The normalized spacial score (nSPS) is 9.82. The van der Waals surface area contributed by atoms with E-state index >= 15 is 0 Å². The SMILES string of the molecule is NCC(=O)NCC(=O)Nc1cccc(Cl)c1Br. The lowest BCUT2D eigenvalue weighted by molar-refractivity contribution is -0.123. The van der Waals surface area contributed by atoms with Gasteiger partial charge in [-0.1, -0.05) is 17.7 Å². The van der Waals surface area contributed by atoms with Gasteiger partial charge in [-0.25, -0.2) is 0 Å². The molecule has 2 amide bonds. The number of halogens is 2. The summed E-state index contributed by atoms with van der Waals surface area (Å²) in [7, 11) is 0. The Morgan fingerprint density at radius 2 is 2.06 bits per heavy atom. The minimum absolute atomic E-state index is 0.130. The van der Waals surface area contributed by atoms with E-state index in [2.05, 4.69) is 26.6 Å². The molecular weight excluding hydrogens is 309 g/mol. The van der Waals surface area contributed by atoms with Gasteiger partial charge in [0.05, 0.1) is 28.3 Å². The molecule has 0 unspecified atom stereocenters. The zero-order valence-corrected chi connectivity index (χ0v) is 11.1. The molecule has 0 aromatic heterocycles. The number of rotatable bonds is 4. The first-order chi connectivity index (χ1) is 8.04. The third kappa shape index (κ3) is 4.33. The van der Waals surface area contributed by atoms with Crippen LogP contribution in [0.3, 0.4) is 0 Å². The minimum Gasteiger partial charge on any atom is -0.346 e. The van der Waals surface area contributed by atoms with Crippen LogP contribution in [0.2, 0.25) is 5.02 Å². The number of amides is 2. The van der Waals surface area contributed by atoms with Crippen LogP contribution >= 0.6 is 27.5 Å². The van der Waals surface area contributed by atoms with Crippen molar-refractivity contribution in [3.63, 3.8) is 0 Å². The van der Waals surface area contributed by atoms with Gasteiger partial charge in [0.1, 0.15) is 0 Å². The molecule has 0 heterocycles. The molecule has 92 valence electrons. The van der Waals surface area contributed by atoms with Crippen LogP contribution in [-0.4, -0.2) is 24.9 Å². The number of hydrogen-bond donors (Lipinski definition) is 3. The van der Waals surface area contributed by atoms with Gasteiger partial charge in [-0.3, -0.25) is 9.59 Å². The Hall–Kier alpha value is -1.11. The second-order valence-corrected chi connectivity index (χ2v) is 4.33. The van der Waals surface area contributed by atoms with Gasteiger partial charge in [0.2, 0.25) is 11.8 Å². The molecule has 5 nitrogen and oxygen atoms in total. The summed E-state index contributed by atoms with van der Waals surface area (Å²) in [6.45, 7) is -0.275. The van der Waals surface area contributed by atoms with E-state index in [0.717, 1.165) is 0 Å². The van der Waals surface area contributed by atoms with E-state index in [9.17, 15) is 9.59 Å². The van der Waals surface area contributed by atoms with E-state index in [4.69, 9.17) is 17.3 Å². The van der Waals surface area contributed by atoms with Crippen molar-refractivity contribution < 1.29 is 9.59 Å². The van der Waals surface area contributed by atoms with Gasteiger partial charge in [0.15, 0.2) is 0 Å². The zero-order valence-electron chi connectivity index (χ0n) is 8.80. The molecule has 4 N–H and O–H groups in total. The summed E-state index contributed by atoms with van der Waals surface area (Å²) in [6, 6.07) is 5.09. The van der Waals surface area contributed by atoms with Crippen LogP contribution in [0.1, 0.15) is 0 Å². The molecule has 0 radical (unpaired) electrons. The van der Waals surface area contributed by atoms with Gasteiger partial charge in [-0.2, -0.15) is 0 Å². The predicted octanol–water partition coefficient (Wildman–Crippen LogP) is 1.12. The molecule has 0 fully saturated rings. The summed E-state index contributed by atoms with van der Waals surface area (Å²) in [5.74, 6) is -0.736. The number of hydrogen-bond acceptors (Lipinski definition) is 3. The Bertz CT molecular complexity index is 440. The van der Waals surface area contributed by atoms with Crippen LogP contribution in [0.5, 0.6) is 0 Å². The fourth-order valence-electron chi connectivity index (χ4n) is 1.05. The van der Waals surface area contributed by atoms with Crippen molar-refractivity contribution in [2.45, 2.75) is 0 Å². The Morgan fingerprint density at radius 1 is 1.35 bits per heavy atom. The number of carbonyl (C=O) groups is 2. The van der Waals surface area contributed by atoms with E-state index in [-0.39, 0.29) is 24.9 Å². The maximum absolute atomic E-state index is 11.5. The minimum atomic E-state index is -0.384. The molecule has 0 saturated carbocycles. The lowest BCUT2D eigenvalue weighted by atomic mass is 10.3. The Morgan fingerprint density at radius 3 is 2.71 bits per heavy atom. The fraction of sp³-hybridized carbons (Fsp3) is 0.200. The summed E-state index contributed by atoms with van der Waals surface area (Å²) < 4.78 is 0.597. The molecule has 0 aliphatic carbocycles. The summed E-state index contributed by atoms with van der Waals surface area (Å²) in [5.41, 5.74) is 5.63. The average molecular weight is 321 g/mol. The summed E-state index contributed by atoms with van der Waals surface area (Å²) in [5, 5.41) is 5.46. The second kappa shape index (κ2) is 6.58. The largest absolute Gasteiger partial charge is 0.346 e. The van der Waals surface area contributed by atoms with Crippen LogP contribution in [0, 0.1) is 0 Å². The quantitative estimate of drug-likeness (QED) is 0.777. The average Bonchev–Trinajstić information content (AvgIpc) is 2.32. The summed E-state index contributed by atoms with van der Waals surface area (Å²) in [6.07, 6.45) is 0. The maximum Gasteiger partial charge on any atom is 0.243 e. The monoisotopic (exact) mass is 319 g/mol. The first-order valence-electron chi connectivity index (χ1n) is 4.75. The highest BCUT2D eigenvalue weighted by Crippen LogP contribution is 2.29. The molecule has 0 spiro atoms. The van der Waals surface area contributed by atoms with Gasteiger partial charge >= 0.3 is 0 Å². The first-order valence-corrected chi connectivity index (χ1v) is 5.92. The van der Waals surface area contributed by atoms with Crippen molar-refractivity contribution in [3.05, 3.63) is 27.7 Å². The van der Waals surface area contributed by atoms with Crippen molar-refractivity contribution in [2.24, 2.45) is 5.73 Å². The van der Waals surface area contributed by atoms with E-state index in [1.165, 1.54) is 0 Å². The Kier molecular flexibility index (Phi) is 5.40. The number of carbonyl (C=O) groups excluding carboxylic acids is 2. The predicted molar refractivity (Wildman–Crippen MR) is 69.8 cm³/mol. The van der Waals surface area contributed by atoms with Crippen LogP contribution in [0.15, 0.2) is 22.7 Å². The van der Waals surface area contributed by atoms with Crippen LogP contribution in [-0.2, 0) is 9.59 Å². The molecule has 0 aliphatic heterocycles. The third-order valence-electron chi connectivity index (χ3n) is 1.86. The number of anilines is 1. The molecule has 0 atom stereocenters. The van der Waals surface area contributed by atoms with E-state index in [1.807, 2.05) is 0 Å². The fourth-order valence-corrected chi connectivity index (χ4v) is 1.58. The van der Waals surface area contributed by atoms with Gasteiger partial charge in [-0.15, -0.1) is 0 Å². The molecule has 0 saturated heterocycles. The van der Waals surface area contributed by atoms with E-state index < -0.39 is 0 Å². The van der Waals surface area contributed by atoms with Crippen molar-refractivity contribution in [1.82, 2.24) is 5.32 Å². The highest BCUT2D eigenvalue weighted by Gasteiger charge is 2.08. The highest BCUT2D eigenvalue weighted by atomic mass is 79.9. The van der Waals surface area contributed by atoms with Crippen molar-refractivity contribution >= 4 is 45.0 Å². The van der Waals surface area contributed by atoms with Gasteiger partial charge in [-0.05, 0) is 28.1 Å². The topological polar surface area (TPSA) is 84.2 Å². The maximum atomic E-state index is 11.5. The van der Waals surface area contributed by atoms with Gasteiger partial charge in [0, 0.05) is 0 Å². The van der Waals surface area contributed by atoms with Crippen molar-refractivity contribution in [3.8, 4) is 0 Å². The molecule has 7 heteroatoms. The summed E-state index contributed by atoms with van der Waals surface area (Å²) >= 11 is 9.11. The molecule has 1 aromatic rings. The molecule has 17 heavy (non-hydrogen) atoms. The standard InChI is InChI=1S/C10H11BrClN3O2/c11-10-6(12)2-1-3-7(10)15-9(17)5-14-8(16)4-13/h1-3H,4-5,13H2,(H,14,16)(H,15,17). The van der Waals surface area contributed by atoms with Gasteiger partial charge < -0.3 is 16.4 Å². The number of nitrogens with two attached hydrogens (primary N) is 1. The molecule has 0 aliphatic rings. The lowest BCUT2D eigenvalue weighted by Gasteiger charge is -2.08. The van der Waals surface area contributed by atoms with Gasteiger partial charge in [0.25, 0.3) is 0 Å². The highest BCUT2D eigenvalue weighted by molar-refractivity contribution is 9.10. The zero-order chi connectivity index (χ0) is 12.8. The number of benzene rings is 1. The Balaban J connectivity index is 2.56. The summed E-state index contributed by atoms with van der Waals surface area (Å²) in [4.78, 5) is 22.3. The lowest BCUT2D eigenvalue weighted by Crippen LogP contribution is -2.36. The van der Waals surface area contributed by atoms with Crippen molar-refractivity contribution in [2.75, 3.05) is 18.4 Å². The van der Waals surface area contributed by atoms with Crippen LogP contribution in [0.4, 0.5) is 5.69 Å². The van der Waals surface area contributed by atoms with Crippen LogP contribution in [0.25, 0.3) is 0 Å². The first kappa shape index (κ1) is 14.0. The molecule has 1 rings (SSSR count). The van der Waals surface area contributed by atoms with Crippen LogP contribution < -0.4 is 16.4 Å².